The third-order valence-electron chi connectivity index (χ3n) is 6.55. The number of rotatable bonds is 21. The average Bonchev–Trinajstić information content (AvgIpc) is 2.95. The van der Waals surface area contributed by atoms with E-state index in [4.69, 9.17) is 14.2 Å². The van der Waals surface area contributed by atoms with Crippen LogP contribution in [0.15, 0.2) is 48.5 Å². The highest BCUT2D eigenvalue weighted by Gasteiger charge is 2.30. The first kappa shape index (κ1) is 34.1. The van der Waals surface area contributed by atoms with E-state index in [1.54, 1.807) is 18.2 Å². The van der Waals surface area contributed by atoms with Gasteiger partial charge in [-0.3, -0.25) is 4.79 Å². The Hall–Kier alpha value is -3.07. The van der Waals surface area contributed by atoms with Crippen molar-refractivity contribution in [3.05, 3.63) is 59.7 Å². The van der Waals surface area contributed by atoms with Crippen molar-refractivity contribution in [2.45, 2.75) is 90.1 Å². The van der Waals surface area contributed by atoms with E-state index in [-0.39, 0.29) is 43.6 Å². The fourth-order valence-electron chi connectivity index (χ4n) is 4.29. The SMILES string of the molecule is CCCCCCCCCCCCCC(=O)OCCOCCOC(=O)c1ccccc1Nc1cccc(C(F)(F)F)c1. The molecule has 2 aromatic rings. The van der Waals surface area contributed by atoms with Crippen molar-refractivity contribution in [3.8, 4) is 0 Å². The molecule has 228 valence electrons. The molecule has 0 radical (unpaired) electrons. The van der Waals surface area contributed by atoms with Crippen LogP contribution in [0.25, 0.3) is 0 Å². The van der Waals surface area contributed by atoms with Gasteiger partial charge < -0.3 is 19.5 Å². The molecule has 0 amide bonds. The summed E-state index contributed by atoms with van der Waals surface area (Å²) in [4.78, 5) is 24.4. The maximum Gasteiger partial charge on any atom is 0.416 e. The lowest BCUT2D eigenvalue weighted by Crippen LogP contribution is -2.15. The Labute approximate surface area is 241 Å². The van der Waals surface area contributed by atoms with E-state index in [9.17, 15) is 22.8 Å². The molecule has 0 aliphatic carbocycles. The summed E-state index contributed by atoms with van der Waals surface area (Å²) in [7, 11) is 0. The molecule has 0 heterocycles. The topological polar surface area (TPSA) is 73.9 Å². The van der Waals surface area contributed by atoms with E-state index in [0.717, 1.165) is 31.4 Å². The number of ether oxygens (including phenoxy) is 3. The van der Waals surface area contributed by atoms with Gasteiger partial charge in [0.05, 0.1) is 30.0 Å². The Morgan fingerprint density at radius 3 is 2.00 bits per heavy atom. The Balaban J connectivity index is 1.54. The summed E-state index contributed by atoms with van der Waals surface area (Å²) in [6.07, 6.45) is 9.38. The average molecular weight is 580 g/mol. The fraction of sp³-hybridized carbons (Fsp3) is 0.562. The molecule has 0 saturated heterocycles. The second kappa shape index (κ2) is 19.9. The summed E-state index contributed by atoms with van der Waals surface area (Å²) < 4.78 is 54.8. The van der Waals surface area contributed by atoms with Gasteiger partial charge in [-0.1, -0.05) is 89.3 Å². The van der Waals surface area contributed by atoms with E-state index in [1.807, 2.05) is 0 Å². The van der Waals surface area contributed by atoms with Crippen LogP contribution in [0.1, 0.15) is 99.9 Å². The predicted octanol–water partition coefficient (Wildman–Crippen LogP) is 8.87. The van der Waals surface area contributed by atoms with Gasteiger partial charge in [0.2, 0.25) is 0 Å². The molecule has 0 aliphatic heterocycles. The molecule has 41 heavy (non-hydrogen) atoms. The van der Waals surface area contributed by atoms with Gasteiger partial charge >= 0.3 is 18.1 Å². The Bertz CT molecular complexity index is 1030. The fourth-order valence-corrected chi connectivity index (χ4v) is 4.29. The zero-order valence-electron chi connectivity index (χ0n) is 24.1. The van der Waals surface area contributed by atoms with Gasteiger partial charge in [-0.05, 0) is 36.8 Å². The largest absolute Gasteiger partial charge is 0.463 e. The molecular weight excluding hydrogens is 535 g/mol. The monoisotopic (exact) mass is 579 g/mol. The molecule has 0 aliphatic rings. The molecule has 2 rings (SSSR count). The minimum atomic E-state index is -4.47. The smallest absolute Gasteiger partial charge is 0.416 e. The van der Waals surface area contributed by atoms with Gasteiger partial charge in [0.25, 0.3) is 0 Å². The van der Waals surface area contributed by atoms with Gasteiger partial charge in [0, 0.05) is 12.1 Å². The van der Waals surface area contributed by atoms with Crippen molar-refractivity contribution in [1.29, 1.82) is 0 Å². The molecule has 9 heteroatoms. The summed E-state index contributed by atoms with van der Waals surface area (Å²) in [6.45, 7) is 2.65. The van der Waals surface area contributed by atoms with Crippen molar-refractivity contribution < 1.29 is 37.0 Å². The number of hydrogen-bond acceptors (Lipinski definition) is 6. The number of esters is 2. The van der Waals surface area contributed by atoms with E-state index < -0.39 is 17.7 Å². The summed E-state index contributed by atoms with van der Waals surface area (Å²) >= 11 is 0. The third-order valence-corrected chi connectivity index (χ3v) is 6.55. The molecule has 0 atom stereocenters. The van der Waals surface area contributed by atoms with Crippen molar-refractivity contribution >= 4 is 23.3 Å². The molecule has 1 N–H and O–H groups in total. The number of benzene rings is 2. The van der Waals surface area contributed by atoms with Gasteiger partial charge in [0.15, 0.2) is 0 Å². The van der Waals surface area contributed by atoms with Crippen LogP contribution in [0.4, 0.5) is 24.5 Å². The van der Waals surface area contributed by atoms with Crippen molar-refractivity contribution in [3.63, 3.8) is 0 Å². The molecule has 0 spiro atoms. The number of hydrogen-bond donors (Lipinski definition) is 1. The number of unbranched alkanes of at least 4 members (excludes halogenated alkanes) is 10. The zero-order valence-corrected chi connectivity index (χ0v) is 24.1. The molecule has 0 fully saturated rings. The van der Waals surface area contributed by atoms with Crippen LogP contribution >= 0.6 is 0 Å². The Morgan fingerprint density at radius 2 is 1.34 bits per heavy atom. The zero-order chi connectivity index (χ0) is 29.8. The Kier molecular flexibility index (Phi) is 16.6. The first-order valence-electron chi connectivity index (χ1n) is 14.7. The molecule has 0 bridgehead atoms. The van der Waals surface area contributed by atoms with Crippen LogP contribution in [0, 0.1) is 0 Å². The first-order valence-corrected chi connectivity index (χ1v) is 14.7. The van der Waals surface area contributed by atoms with Gasteiger partial charge in [0.1, 0.15) is 13.2 Å². The van der Waals surface area contributed by atoms with E-state index in [2.05, 4.69) is 12.2 Å². The number of anilines is 2. The second-order valence-electron chi connectivity index (χ2n) is 10.0. The molecule has 0 unspecified atom stereocenters. The van der Waals surface area contributed by atoms with E-state index in [0.29, 0.717) is 12.1 Å². The minimum Gasteiger partial charge on any atom is -0.463 e. The summed E-state index contributed by atoms with van der Waals surface area (Å²) in [6, 6.07) is 11.1. The van der Waals surface area contributed by atoms with Crippen molar-refractivity contribution in [2.24, 2.45) is 0 Å². The van der Waals surface area contributed by atoms with Crippen LogP contribution in [-0.4, -0.2) is 38.4 Å². The van der Waals surface area contributed by atoms with Crippen LogP contribution < -0.4 is 5.32 Å². The number of halogens is 3. The van der Waals surface area contributed by atoms with Crippen molar-refractivity contribution in [1.82, 2.24) is 0 Å². The quantitative estimate of drug-likeness (QED) is 0.118. The number of nitrogens with one attached hydrogen (secondary N) is 1. The van der Waals surface area contributed by atoms with E-state index in [1.165, 1.54) is 69.6 Å². The summed E-state index contributed by atoms with van der Waals surface area (Å²) in [5.41, 5.74) is -0.0929. The molecule has 6 nitrogen and oxygen atoms in total. The molecule has 0 saturated carbocycles. The predicted molar refractivity (Wildman–Crippen MR) is 154 cm³/mol. The van der Waals surface area contributed by atoms with Crippen LogP contribution in [-0.2, 0) is 25.2 Å². The van der Waals surface area contributed by atoms with Gasteiger partial charge in [-0.15, -0.1) is 0 Å². The van der Waals surface area contributed by atoms with Crippen LogP contribution in [0.2, 0.25) is 0 Å². The maximum absolute atomic E-state index is 13.0. The minimum absolute atomic E-state index is 0.0244. The Morgan fingerprint density at radius 1 is 0.732 bits per heavy atom. The summed E-state index contributed by atoms with van der Waals surface area (Å²) in [5, 5.41) is 2.85. The number of carbonyl (C=O) groups excluding carboxylic acids is 2. The first-order chi connectivity index (χ1) is 19.8. The maximum atomic E-state index is 13.0. The van der Waals surface area contributed by atoms with E-state index >= 15 is 0 Å². The highest BCUT2D eigenvalue weighted by Crippen LogP contribution is 2.32. The van der Waals surface area contributed by atoms with Gasteiger partial charge in [-0.25, -0.2) is 4.79 Å². The number of para-hydroxylation sites is 1. The molecule has 2 aromatic carbocycles. The third kappa shape index (κ3) is 14.9. The summed E-state index contributed by atoms with van der Waals surface area (Å²) in [5.74, 6) is -0.872. The molecule has 0 aromatic heterocycles. The number of carbonyl (C=O) groups is 2. The normalized spacial score (nSPS) is 11.3. The highest BCUT2D eigenvalue weighted by atomic mass is 19.4. The van der Waals surface area contributed by atoms with Gasteiger partial charge in [-0.2, -0.15) is 13.2 Å². The lowest BCUT2D eigenvalue weighted by Gasteiger charge is -2.13. The number of alkyl halides is 3. The highest BCUT2D eigenvalue weighted by molar-refractivity contribution is 5.96. The lowest BCUT2D eigenvalue weighted by atomic mass is 10.1. The molecular formula is C32H44F3NO5. The van der Waals surface area contributed by atoms with Crippen LogP contribution in [0.5, 0.6) is 0 Å². The van der Waals surface area contributed by atoms with Crippen LogP contribution in [0.3, 0.4) is 0 Å². The standard InChI is InChI=1S/C32H44F3NO5/c1-2-3-4-5-6-7-8-9-10-11-12-20-30(37)40-23-21-39-22-24-41-31(38)28-18-13-14-19-29(28)36-27-17-15-16-26(25-27)32(33,34)35/h13-19,25,36H,2-12,20-24H2,1H3. The lowest BCUT2D eigenvalue weighted by molar-refractivity contribution is -0.145. The second-order valence-corrected chi connectivity index (χ2v) is 10.0. The van der Waals surface area contributed by atoms with Crippen molar-refractivity contribution in [2.75, 3.05) is 31.7 Å².